The summed E-state index contributed by atoms with van der Waals surface area (Å²) in [5, 5.41) is 0. The minimum Gasteiger partial charge on any atom is -0.326 e. The summed E-state index contributed by atoms with van der Waals surface area (Å²) in [4.78, 5) is 12.1. The van der Waals surface area contributed by atoms with Gasteiger partial charge in [-0.3, -0.25) is 9.13 Å². The summed E-state index contributed by atoms with van der Waals surface area (Å²) in [5.41, 5.74) is 7.00. The first-order valence-electron chi connectivity index (χ1n) is 6.43. The van der Waals surface area contributed by atoms with Crippen molar-refractivity contribution in [3.8, 4) is 0 Å². The second-order valence-electron chi connectivity index (χ2n) is 5.02. The highest BCUT2D eigenvalue weighted by Gasteiger charge is 2.25. The van der Waals surface area contributed by atoms with Gasteiger partial charge in [0.2, 0.25) is 0 Å². The standard InChI is InChI=1S/C14H16FN3O/c15-12-6-10(8-16)5-11(7-12)9-17-3-4-18(14(17)19)13-1-2-13/h3-7,13H,1-2,8-9,16H2. The second kappa shape index (κ2) is 4.66. The highest BCUT2D eigenvalue weighted by molar-refractivity contribution is 5.25. The number of hydrogen-bond acceptors (Lipinski definition) is 2. The molecule has 19 heavy (non-hydrogen) atoms. The fourth-order valence-corrected chi connectivity index (χ4v) is 2.30. The third-order valence-electron chi connectivity index (χ3n) is 3.42. The molecule has 1 saturated carbocycles. The molecule has 1 aliphatic rings. The molecule has 100 valence electrons. The molecular formula is C14H16FN3O. The van der Waals surface area contributed by atoms with E-state index in [1.54, 1.807) is 15.3 Å². The second-order valence-corrected chi connectivity index (χ2v) is 5.02. The van der Waals surface area contributed by atoms with Gasteiger partial charge in [0, 0.05) is 25.0 Å². The van der Waals surface area contributed by atoms with Crippen LogP contribution in [0.3, 0.4) is 0 Å². The molecule has 5 heteroatoms. The van der Waals surface area contributed by atoms with Gasteiger partial charge in [-0.15, -0.1) is 0 Å². The van der Waals surface area contributed by atoms with Crippen molar-refractivity contribution in [1.29, 1.82) is 0 Å². The lowest BCUT2D eigenvalue weighted by molar-refractivity contribution is 0.617. The van der Waals surface area contributed by atoms with Crippen LogP contribution in [0.25, 0.3) is 0 Å². The molecule has 0 saturated heterocycles. The van der Waals surface area contributed by atoms with Crippen LogP contribution in [0.1, 0.15) is 30.0 Å². The molecule has 1 aromatic carbocycles. The lowest BCUT2D eigenvalue weighted by Gasteiger charge is -2.05. The van der Waals surface area contributed by atoms with E-state index in [9.17, 15) is 9.18 Å². The topological polar surface area (TPSA) is 52.9 Å². The normalized spacial score (nSPS) is 14.8. The van der Waals surface area contributed by atoms with E-state index in [2.05, 4.69) is 0 Å². The number of rotatable bonds is 4. The summed E-state index contributed by atoms with van der Waals surface area (Å²) in [6, 6.07) is 5.06. The predicted octanol–water partition coefficient (Wildman–Crippen LogP) is 1.63. The molecule has 1 aromatic heterocycles. The molecular weight excluding hydrogens is 245 g/mol. The van der Waals surface area contributed by atoms with Crippen LogP contribution in [0.5, 0.6) is 0 Å². The van der Waals surface area contributed by atoms with Crippen molar-refractivity contribution in [2.45, 2.75) is 32.0 Å². The molecule has 0 atom stereocenters. The third kappa shape index (κ3) is 2.46. The van der Waals surface area contributed by atoms with Crippen molar-refractivity contribution < 1.29 is 4.39 Å². The molecule has 0 bridgehead atoms. The van der Waals surface area contributed by atoms with Crippen LogP contribution >= 0.6 is 0 Å². The molecule has 4 nitrogen and oxygen atoms in total. The maximum Gasteiger partial charge on any atom is 0.328 e. The first-order valence-corrected chi connectivity index (χ1v) is 6.43. The van der Waals surface area contributed by atoms with Gasteiger partial charge < -0.3 is 5.73 Å². The van der Waals surface area contributed by atoms with E-state index in [0.29, 0.717) is 19.1 Å². The summed E-state index contributed by atoms with van der Waals surface area (Å²) in [7, 11) is 0. The Kier molecular flexibility index (Phi) is 2.98. The summed E-state index contributed by atoms with van der Waals surface area (Å²) in [5.74, 6) is -0.312. The number of halogens is 1. The zero-order valence-corrected chi connectivity index (χ0v) is 10.6. The van der Waals surface area contributed by atoms with Crippen molar-refractivity contribution in [2.75, 3.05) is 0 Å². The number of nitrogens with zero attached hydrogens (tertiary/aromatic N) is 2. The number of imidazole rings is 1. The molecule has 0 unspecified atom stereocenters. The molecule has 3 rings (SSSR count). The monoisotopic (exact) mass is 261 g/mol. The number of hydrogen-bond donors (Lipinski definition) is 1. The SMILES string of the molecule is NCc1cc(F)cc(Cn2ccn(C3CC3)c2=O)c1. The van der Waals surface area contributed by atoms with Crippen LogP contribution in [-0.4, -0.2) is 9.13 Å². The van der Waals surface area contributed by atoms with Gasteiger partial charge in [0.15, 0.2) is 0 Å². The summed E-state index contributed by atoms with van der Waals surface area (Å²) >= 11 is 0. The van der Waals surface area contributed by atoms with Crippen LogP contribution < -0.4 is 11.4 Å². The van der Waals surface area contributed by atoms with Crippen molar-refractivity contribution >= 4 is 0 Å². The van der Waals surface area contributed by atoms with E-state index in [4.69, 9.17) is 5.73 Å². The van der Waals surface area contributed by atoms with Crippen molar-refractivity contribution in [3.63, 3.8) is 0 Å². The molecule has 0 spiro atoms. The van der Waals surface area contributed by atoms with E-state index in [1.165, 1.54) is 12.1 Å². The third-order valence-corrected chi connectivity index (χ3v) is 3.42. The zero-order valence-electron chi connectivity index (χ0n) is 10.6. The predicted molar refractivity (Wildman–Crippen MR) is 70.4 cm³/mol. The van der Waals surface area contributed by atoms with E-state index in [0.717, 1.165) is 24.0 Å². The van der Waals surface area contributed by atoms with Gasteiger partial charge in [0.25, 0.3) is 0 Å². The molecule has 1 fully saturated rings. The Bertz CT molecular complexity index is 655. The minimum absolute atomic E-state index is 0.0268. The molecule has 0 amide bonds. The average Bonchev–Trinajstić information content (AvgIpc) is 3.16. The van der Waals surface area contributed by atoms with Crippen LogP contribution in [0, 0.1) is 5.82 Å². The Labute approximate surface area is 110 Å². The summed E-state index contributed by atoms with van der Waals surface area (Å²) < 4.78 is 16.8. The van der Waals surface area contributed by atoms with Crippen LogP contribution in [0.15, 0.2) is 35.4 Å². The molecule has 1 aliphatic carbocycles. The first kappa shape index (κ1) is 12.2. The van der Waals surface area contributed by atoms with Gasteiger partial charge in [-0.25, -0.2) is 9.18 Å². The molecule has 1 heterocycles. The highest BCUT2D eigenvalue weighted by Crippen LogP contribution is 2.33. The Morgan fingerprint density at radius 3 is 2.63 bits per heavy atom. The Morgan fingerprint density at radius 1 is 1.21 bits per heavy atom. The van der Waals surface area contributed by atoms with E-state index >= 15 is 0 Å². The fraction of sp³-hybridized carbons (Fsp3) is 0.357. The highest BCUT2D eigenvalue weighted by atomic mass is 19.1. The summed E-state index contributed by atoms with van der Waals surface area (Å²) in [6.45, 7) is 0.673. The van der Waals surface area contributed by atoms with E-state index in [-0.39, 0.29) is 11.5 Å². The summed E-state index contributed by atoms with van der Waals surface area (Å²) in [6.07, 6.45) is 5.71. The van der Waals surface area contributed by atoms with Crippen LogP contribution in [0.4, 0.5) is 4.39 Å². The van der Waals surface area contributed by atoms with Gasteiger partial charge >= 0.3 is 5.69 Å². The molecule has 0 radical (unpaired) electrons. The van der Waals surface area contributed by atoms with Crippen molar-refractivity contribution in [3.05, 3.63) is 58.0 Å². The lowest BCUT2D eigenvalue weighted by Crippen LogP contribution is -2.23. The maximum absolute atomic E-state index is 13.4. The van der Waals surface area contributed by atoms with Crippen molar-refractivity contribution in [2.24, 2.45) is 5.73 Å². The van der Waals surface area contributed by atoms with Crippen LogP contribution in [0.2, 0.25) is 0 Å². The van der Waals surface area contributed by atoms with Crippen LogP contribution in [-0.2, 0) is 13.1 Å². The van der Waals surface area contributed by atoms with Crippen molar-refractivity contribution in [1.82, 2.24) is 9.13 Å². The largest absolute Gasteiger partial charge is 0.328 e. The Balaban J connectivity index is 1.88. The van der Waals surface area contributed by atoms with E-state index < -0.39 is 0 Å². The van der Waals surface area contributed by atoms with Gasteiger partial charge in [0.05, 0.1) is 6.54 Å². The van der Waals surface area contributed by atoms with Gasteiger partial charge in [-0.1, -0.05) is 6.07 Å². The fourth-order valence-electron chi connectivity index (χ4n) is 2.30. The van der Waals surface area contributed by atoms with Gasteiger partial charge in [-0.05, 0) is 36.1 Å². The molecule has 2 aromatic rings. The van der Waals surface area contributed by atoms with Gasteiger partial charge in [0.1, 0.15) is 5.82 Å². The molecule has 2 N–H and O–H groups in total. The lowest BCUT2D eigenvalue weighted by atomic mass is 10.1. The minimum atomic E-state index is -0.312. The number of nitrogens with two attached hydrogens (primary N) is 1. The van der Waals surface area contributed by atoms with Gasteiger partial charge in [-0.2, -0.15) is 0 Å². The average molecular weight is 261 g/mol. The maximum atomic E-state index is 13.4. The smallest absolute Gasteiger partial charge is 0.326 e. The number of benzene rings is 1. The zero-order chi connectivity index (χ0) is 13.4. The molecule has 0 aliphatic heterocycles. The Morgan fingerprint density at radius 2 is 1.95 bits per heavy atom. The quantitative estimate of drug-likeness (QED) is 0.909. The number of aromatic nitrogens is 2. The first-order chi connectivity index (χ1) is 9.17. The Hall–Kier alpha value is -1.88. The van der Waals surface area contributed by atoms with E-state index in [1.807, 2.05) is 12.3 Å².